The number of fused-ring (bicyclic) bond motifs is 1. The molecule has 2 atom stereocenters. The highest BCUT2D eigenvalue weighted by molar-refractivity contribution is 8.14. The van der Waals surface area contributed by atoms with Crippen LogP contribution in [0.1, 0.15) is 46.4 Å². The maximum Gasteiger partial charge on any atom is 0.261 e. The Labute approximate surface area is 156 Å². The first kappa shape index (κ1) is 17.3. The summed E-state index contributed by atoms with van der Waals surface area (Å²) < 4.78 is 0. The summed E-state index contributed by atoms with van der Waals surface area (Å²) in [6.45, 7) is 1.05. The van der Waals surface area contributed by atoms with E-state index in [1.807, 2.05) is 0 Å². The molecule has 0 bridgehead atoms. The summed E-state index contributed by atoms with van der Waals surface area (Å²) in [7, 11) is 0. The number of carbonyl (C=O) groups is 3. The number of benzene rings is 1. The summed E-state index contributed by atoms with van der Waals surface area (Å²) in [6, 6.07) is 6.92. The van der Waals surface area contributed by atoms with Crippen LogP contribution in [0.3, 0.4) is 0 Å². The fourth-order valence-corrected chi connectivity index (χ4v) is 4.75. The average Bonchev–Trinajstić information content (AvgIpc) is 3.25. The lowest BCUT2D eigenvalue weighted by atomic mass is 9.78. The molecule has 1 saturated carbocycles. The number of rotatable bonds is 3. The number of nitrogens with one attached hydrogen (secondary N) is 1. The summed E-state index contributed by atoms with van der Waals surface area (Å²) in [5.74, 6) is 0.199. The minimum absolute atomic E-state index is 0.00188. The summed E-state index contributed by atoms with van der Waals surface area (Å²) in [5.41, 5.74) is 0.928. The Morgan fingerprint density at radius 1 is 1.15 bits per heavy atom. The number of imide groups is 1. The summed E-state index contributed by atoms with van der Waals surface area (Å²) in [4.78, 5) is 43.6. The third-order valence-corrected chi connectivity index (χ3v) is 6.25. The van der Waals surface area contributed by atoms with Crippen LogP contribution in [0.5, 0.6) is 0 Å². The first-order valence-electron chi connectivity index (χ1n) is 9.08. The molecule has 0 saturated heterocycles. The van der Waals surface area contributed by atoms with Crippen molar-refractivity contribution in [3.05, 3.63) is 35.4 Å². The van der Waals surface area contributed by atoms with Crippen molar-refractivity contribution in [2.45, 2.75) is 25.7 Å². The van der Waals surface area contributed by atoms with Gasteiger partial charge in [0.1, 0.15) is 0 Å². The minimum atomic E-state index is -0.244. The molecule has 1 aromatic rings. The predicted molar refractivity (Wildman–Crippen MR) is 100 cm³/mol. The van der Waals surface area contributed by atoms with E-state index in [0.717, 1.165) is 38.0 Å². The Bertz CT molecular complexity index is 757. The molecular weight excluding hydrogens is 350 g/mol. The van der Waals surface area contributed by atoms with Gasteiger partial charge in [-0.3, -0.25) is 24.3 Å². The van der Waals surface area contributed by atoms with Crippen LogP contribution in [0.15, 0.2) is 29.3 Å². The predicted octanol–water partition coefficient (Wildman–Crippen LogP) is 2.31. The fraction of sp³-hybridized carbons (Fsp3) is 0.474. The highest BCUT2D eigenvalue weighted by Gasteiger charge is 2.40. The normalized spacial score (nSPS) is 25.2. The minimum Gasteiger partial charge on any atom is -0.305 e. The molecule has 1 fully saturated rings. The van der Waals surface area contributed by atoms with Gasteiger partial charge in [-0.2, -0.15) is 0 Å². The van der Waals surface area contributed by atoms with Crippen LogP contribution in [0.4, 0.5) is 0 Å². The number of amides is 3. The molecule has 1 aliphatic carbocycles. The van der Waals surface area contributed by atoms with Crippen LogP contribution < -0.4 is 5.32 Å². The third-order valence-electron chi connectivity index (χ3n) is 5.36. The van der Waals surface area contributed by atoms with Crippen molar-refractivity contribution < 1.29 is 14.4 Å². The molecule has 3 aliphatic rings. The molecule has 0 radical (unpaired) electrons. The summed E-state index contributed by atoms with van der Waals surface area (Å²) in [6.07, 6.45) is 3.66. The van der Waals surface area contributed by atoms with E-state index >= 15 is 0 Å². The maximum atomic E-state index is 12.7. The molecule has 136 valence electrons. The van der Waals surface area contributed by atoms with Crippen molar-refractivity contribution in [2.24, 2.45) is 16.8 Å². The topological polar surface area (TPSA) is 78.8 Å². The highest BCUT2D eigenvalue weighted by atomic mass is 32.2. The van der Waals surface area contributed by atoms with Gasteiger partial charge in [-0.15, -0.1) is 0 Å². The van der Waals surface area contributed by atoms with Gasteiger partial charge in [0.15, 0.2) is 5.17 Å². The smallest absolute Gasteiger partial charge is 0.261 e. The molecule has 2 heterocycles. The first-order valence-corrected chi connectivity index (χ1v) is 10.1. The standard InChI is InChI=1S/C19H21N3O3S/c23-16(21-19-20-9-10-26-19)13-6-2-1-5-12(13)11-22-17(24)14-7-3-4-8-15(14)18(22)25/h3-4,7-8,12-13H,1-2,5-6,9-11H2,(H,20,21,23). The van der Waals surface area contributed by atoms with E-state index in [0.29, 0.717) is 22.8 Å². The maximum absolute atomic E-state index is 12.7. The molecule has 1 N–H and O–H groups in total. The van der Waals surface area contributed by atoms with Gasteiger partial charge in [0.2, 0.25) is 5.91 Å². The second-order valence-electron chi connectivity index (χ2n) is 6.94. The van der Waals surface area contributed by atoms with Crippen LogP contribution >= 0.6 is 11.8 Å². The second kappa shape index (κ2) is 7.23. The molecule has 1 aromatic carbocycles. The molecule has 2 unspecified atom stereocenters. The molecule has 3 amide bonds. The SMILES string of the molecule is O=C(NC1=NCCS1)C1CCCCC1CN1C(=O)c2ccccc2C1=O. The van der Waals surface area contributed by atoms with E-state index in [1.165, 1.54) is 4.90 Å². The van der Waals surface area contributed by atoms with Gasteiger partial charge in [-0.05, 0) is 30.9 Å². The van der Waals surface area contributed by atoms with Crippen molar-refractivity contribution in [3.8, 4) is 0 Å². The van der Waals surface area contributed by atoms with E-state index in [4.69, 9.17) is 0 Å². The van der Waals surface area contributed by atoms with E-state index in [9.17, 15) is 14.4 Å². The third kappa shape index (κ3) is 3.16. The molecule has 0 aromatic heterocycles. The first-order chi connectivity index (χ1) is 12.6. The zero-order chi connectivity index (χ0) is 18.1. The number of amidine groups is 1. The fourth-order valence-electron chi connectivity index (χ4n) is 4.02. The molecule has 0 spiro atoms. The van der Waals surface area contributed by atoms with Crippen molar-refractivity contribution in [1.82, 2.24) is 10.2 Å². The second-order valence-corrected chi connectivity index (χ2v) is 8.03. The van der Waals surface area contributed by atoms with Crippen LogP contribution in [-0.4, -0.2) is 46.6 Å². The molecule has 26 heavy (non-hydrogen) atoms. The number of carbonyl (C=O) groups excluding carboxylic acids is 3. The van der Waals surface area contributed by atoms with Gasteiger partial charge in [-0.1, -0.05) is 36.7 Å². The Morgan fingerprint density at radius 2 is 1.85 bits per heavy atom. The molecular formula is C19H21N3O3S. The van der Waals surface area contributed by atoms with Gasteiger partial charge < -0.3 is 5.32 Å². The number of thioether (sulfide) groups is 1. The lowest BCUT2D eigenvalue weighted by Gasteiger charge is -2.32. The van der Waals surface area contributed by atoms with Crippen LogP contribution in [0.25, 0.3) is 0 Å². The number of aliphatic imine (C=N–C) groups is 1. The van der Waals surface area contributed by atoms with Crippen molar-refractivity contribution >= 4 is 34.7 Å². The monoisotopic (exact) mass is 371 g/mol. The van der Waals surface area contributed by atoms with Gasteiger partial charge in [0, 0.05) is 18.2 Å². The largest absolute Gasteiger partial charge is 0.305 e. The Hall–Kier alpha value is -2.15. The van der Waals surface area contributed by atoms with Gasteiger partial charge in [-0.25, -0.2) is 0 Å². The molecule has 2 aliphatic heterocycles. The molecule has 6 nitrogen and oxygen atoms in total. The quantitative estimate of drug-likeness (QED) is 0.827. The van der Waals surface area contributed by atoms with Crippen molar-refractivity contribution in [1.29, 1.82) is 0 Å². The van der Waals surface area contributed by atoms with Crippen LogP contribution in [0.2, 0.25) is 0 Å². The zero-order valence-corrected chi connectivity index (χ0v) is 15.3. The molecule has 4 rings (SSSR count). The highest BCUT2D eigenvalue weighted by Crippen LogP contribution is 2.33. The van der Waals surface area contributed by atoms with E-state index < -0.39 is 0 Å². The molecule has 7 heteroatoms. The van der Waals surface area contributed by atoms with Gasteiger partial charge >= 0.3 is 0 Å². The van der Waals surface area contributed by atoms with E-state index in [1.54, 1.807) is 36.0 Å². The zero-order valence-electron chi connectivity index (χ0n) is 14.4. The Kier molecular flexibility index (Phi) is 4.80. The Morgan fingerprint density at radius 3 is 2.50 bits per heavy atom. The van der Waals surface area contributed by atoms with Gasteiger partial charge in [0.25, 0.3) is 11.8 Å². The van der Waals surface area contributed by atoms with Crippen LogP contribution in [0, 0.1) is 11.8 Å². The number of hydrogen-bond acceptors (Lipinski definition) is 5. The van der Waals surface area contributed by atoms with Crippen LogP contribution in [-0.2, 0) is 4.79 Å². The average molecular weight is 371 g/mol. The number of nitrogens with zero attached hydrogens (tertiary/aromatic N) is 2. The lowest BCUT2D eigenvalue weighted by molar-refractivity contribution is -0.126. The summed E-state index contributed by atoms with van der Waals surface area (Å²) >= 11 is 1.56. The lowest BCUT2D eigenvalue weighted by Crippen LogP contribution is -2.44. The van der Waals surface area contributed by atoms with Crippen molar-refractivity contribution in [2.75, 3.05) is 18.8 Å². The van der Waals surface area contributed by atoms with Gasteiger partial charge in [0.05, 0.1) is 17.7 Å². The number of hydrogen-bond donors (Lipinski definition) is 1. The Balaban J connectivity index is 1.48. The van der Waals surface area contributed by atoms with Crippen molar-refractivity contribution in [3.63, 3.8) is 0 Å². The summed E-state index contributed by atoms with van der Waals surface area (Å²) in [5, 5.41) is 3.62. The van der Waals surface area contributed by atoms with E-state index in [2.05, 4.69) is 10.3 Å². The van der Waals surface area contributed by atoms with E-state index in [-0.39, 0.29) is 29.6 Å².